The highest BCUT2D eigenvalue weighted by molar-refractivity contribution is 5.48. The lowest BCUT2D eigenvalue weighted by molar-refractivity contribution is 0.728. The van der Waals surface area contributed by atoms with Crippen LogP contribution >= 0.6 is 0 Å². The smallest absolute Gasteiger partial charge is 0.131 e. The van der Waals surface area contributed by atoms with E-state index in [9.17, 15) is 0 Å². The van der Waals surface area contributed by atoms with Crippen LogP contribution in [0.3, 0.4) is 0 Å². The summed E-state index contributed by atoms with van der Waals surface area (Å²) >= 11 is 0. The van der Waals surface area contributed by atoms with Gasteiger partial charge in [-0.15, -0.1) is 0 Å². The number of hydrogen-bond acceptors (Lipinski definition) is 2. The first-order valence-electron chi connectivity index (χ1n) is 6.45. The van der Waals surface area contributed by atoms with E-state index in [4.69, 9.17) is 0 Å². The van der Waals surface area contributed by atoms with Gasteiger partial charge in [0.05, 0.1) is 0 Å². The van der Waals surface area contributed by atoms with Crippen LogP contribution in [0.1, 0.15) is 45.4 Å². The maximum Gasteiger partial charge on any atom is 0.131 e. The first-order chi connectivity index (χ1) is 7.77. The van der Waals surface area contributed by atoms with Gasteiger partial charge in [0.1, 0.15) is 5.82 Å². The van der Waals surface area contributed by atoms with Gasteiger partial charge >= 0.3 is 0 Å². The van der Waals surface area contributed by atoms with Gasteiger partial charge in [0.15, 0.2) is 0 Å². The van der Waals surface area contributed by atoms with Crippen LogP contribution in [0.4, 0.5) is 5.82 Å². The molecule has 1 aromatic heterocycles. The standard InChI is InChI=1S/C10H14N2.2C2H6/c1-8-5-6-9-4-3-7-12(2)10(9)11-8;2*1-2/h5-6H,3-4,7H2,1-2H3;2*1-2H3. The molecule has 1 aromatic rings. The summed E-state index contributed by atoms with van der Waals surface area (Å²) in [5.41, 5.74) is 2.51. The topological polar surface area (TPSA) is 16.1 Å². The monoisotopic (exact) mass is 222 g/mol. The summed E-state index contributed by atoms with van der Waals surface area (Å²) in [5.74, 6) is 1.18. The molecule has 16 heavy (non-hydrogen) atoms. The van der Waals surface area contributed by atoms with Crippen molar-refractivity contribution in [2.24, 2.45) is 0 Å². The molecular formula is C14H26N2. The molecule has 0 aromatic carbocycles. The fourth-order valence-electron chi connectivity index (χ4n) is 1.71. The van der Waals surface area contributed by atoms with Crippen LogP contribution in [0, 0.1) is 6.92 Å². The molecule has 0 spiro atoms. The SMILES string of the molecule is CC.CC.Cc1ccc2c(n1)N(C)CCC2. The molecule has 0 bridgehead atoms. The molecule has 2 heteroatoms. The zero-order chi connectivity index (χ0) is 12.6. The van der Waals surface area contributed by atoms with Gasteiger partial charge < -0.3 is 4.90 Å². The average molecular weight is 222 g/mol. The van der Waals surface area contributed by atoms with E-state index in [2.05, 4.69) is 29.1 Å². The molecule has 1 aliphatic heterocycles. The molecule has 0 unspecified atom stereocenters. The van der Waals surface area contributed by atoms with E-state index in [0.717, 1.165) is 12.2 Å². The van der Waals surface area contributed by atoms with Crippen LogP contribution in [0.25, 0.3) is 0 Å². The first-order valence-corrected chi connectivity index (χ1v) is 6.45. The highest BCUT2D eigenvalue weighted by Crippen LogP contribution is 2.23. The molecule has 0 saturated carbocycles. The summed E-state index contributed by atoms with van der Waals surface area (Å²) in [6, 6.07) is 4.30. The summed E-state index contributed by atoms with van der Waals surface area (Å²) in [7, 11) is 2.12. The molecular weight excluding hydrogens is 196 g/mol. The molecule has 1 aliphatic rings. The van der Waals surface area contributed by atoms with E-state index in [-0.39, 0.29) is 0 Å². The third-order valence-corrected chi connectivity index (χ3v) is 2.40. The van der Waals surface area contributed by atoms with Gasteiger partial charge in [-0.2, -0.15) is 0 Å². The quantitative estimate of drug-likeness (QED) is 0.663. The highest BCUT2D eigenvalue weighted by Gasteiger charge is 2.13. The van der Waals surface area contributed by atoms with Gasteiger partial charge in [0.2, 0.25) is 0 Å². The molecule has 0 saturated heterocycles. The van der Waals surface area contributed by atoms with Crippen LogP contribution in [0.2, 0.25) is 0 Å². The van der Waals surface area contributed by atoms with Crippen molar-refractivity contribution in [2.45, 2.75) is 47.5 Å². The molecule has 0 fully saturated rings. The molecule has 0 amide bonds. The molecule has 2 rings (SSSR count). The minimum atomic E-state index is 1.11. The summed E-state index contributed by atoms with van der Waals surface area (Å²) in [4.78, 5) is 6.76. The van der Waals surface area contributed by atoms with Crippen LogP contribution in [-0.4, -0.2) is 18.6 Å². The fraction of sp³-hybridized carbons (Fsp3) is 0.643. The van der Waals surface area contributed by atoms with Gasteiger partial charge in [0.25, 0.3) is 0 Å². The lowest BCUT2D eigenvalue weighted by Crippen LogP contribution is -2.25. The van der Waals surface area contributed by atoms with Crippen LogP contribution in [-0.2, 0) is 6.42 Å². The number of rotatable bonds is 0. The third-order valence-electron chi connectivity index (χ3n) is 2.40. The predicted molar refractivity (Wildman–Crippen MR) is 73.3 cm³/mol. The normalized spacial score (nSPS) is 12.8. The molecule has 0 atom stereocenters. The van der Waals surface area contributed by atoms with Gasteiger partial charge in [-0.1, -0.05) is 33.8 Å². The number of fused-ring (bicyclic) bond motifs is 1. The van der Waals surface area contributed by atoms with E-state index < -0.39 is 0 Å². The first kappa shape index (κ1) is 14.9. The lowest BCUT2D eigenvalue weighted by Gasteiger charge is -2.26. The van der Waals surface area contributed by atoms with E-state index >= 15 is 0 Å². The number of hydrogen-bond donors (Lipinski definition) is 0. The summed E-state index contributed by atoms with van der Waals surface area (Å²) in [5, 5.41) is 0. The summed E-state index contributed by atoms with van der Waals surface area (Å²) in [6.07, 6.45) is 2.45. The molecule has 92 valence electrons. The maximum atomic E-state index is 4.52. The van der Waals surface area contributed by atoms with Crippen molar-refractivity contribution in [1.82, 2.24) is 4.98 Å². The minimum Gasteiger partial charge on any atom is -0.359 e. The van der Waals surface area contributed by atoms with Gasteiger partial charge in [0, 0.05) is 19.3 Å². The van der Waals surface area contributed by atoms with Gasteiger partial charge in [-0.05, 0) is 31.4 Å². The second-order valence-electron chi connectivity index (χ2n) is 3.46. The van der Waals surface area contributed by atoms with Crippen molar-refractivity contribution >= 4 is 5.82 Å². The zero-order valence-corrected chi connectivity index (χ0v) is 11.7. The zero-order valence-electron chi connectivity index (χ0n) is 11.7. The van der Waals surface area contributed by atoms with E-state index in [1.165, 1.54) is 24.2 Å². The lowest BCUT2D eigenvalue weighted by atomic mass is 10.1. The van der Waals surface area contributed by atoms with Crippen molar-refractivity contribution in [3.63, 3.8) is 0 Å². The summed E-state index contributed by atoms with van der Waals surface area (Å²) in [6.45, 7) is 11.2. The Morgan fingerprint density at radius 2 is 1.75 bits per heavy atom. The highest BCUT2D eigenvalue weighted by atomic mass is 15.2. The second kappa shape index (κ2) is 8.14. The Bertz CT molecular complexity index is 295. The maximum absolute atomic E-state index is 4.52. The number of pyridine rings is 1. The third kappa shape index (κ3) is 3.84. The summed E-state index contributed by atoms with van der Waals surface area (Å²) < 4.78 is 0. The van der Waals surface area contributed by atoms with Crippen LogP contribution in [0.5, 0.6) is 0 Å². The molecule has 2 nitrogen and oxygen atoms in total. The predicted octanol–water partition coefficient (Wildman–Crippen LogP) is 3.82. The van der Waals surface area contributed by atoms with Gasteiger partial charge in [-0.25, -0.2) is 4.98 Å². The largest absolute Gasteiger partial charge is 0.359 e. The van der Waals surface area contributed by atoms with Crippen molar-refractivity contribution in [3.8, 4) is 0 Å². The van der Waals surface area contributed by atoms with Crippen LogP contribution < -0.4 is 4.90 Å². The Kier molecular flexibility index (Phi) is 7.61. The van der Waals surface area contributed by atoms with Crippen molar-refractivity contribution in [2.75, 3.05) is 18.5 Å². The van der Waals surface area contributed by atoms with E-state index in [1.807, 2.05) is 34.6 Å². The fourth-order valence-corrected chi connectivity index (χ4v) is 1.71. The minimum absolute atomic E-state index is 1.11. The number of aryl methyl sites for hydroxylation is 2. The Balaban J connectivity index is 0.000000509. The number of aromatic nitrogens is 1. The Morgan fingerprint density at radius 1 is 1.12 bits per heavy atom. The molecule has 2 heterocycles. The Morgan fingerprint density at radius 3 is 2.38 bits per heavy atom. The van der Waals surface area contributed by atoms with Crippen LogP contribution in [0.15, 0.2) is 12.1 Å². The Hall–Kier alpha value is -1.05. The average Bonchev–Trinajstić information content (AvgIpc) is 2.35. The van der Waals surface area contributed by atoms with E-state index in [0.29, 0.717) is 0 Å². The second-order valence-corrected chi connectivity index (χ2v) is 3.46. The van der Waals surface area contributed by atoms with Crippen molar-refractivity contribution in [1.29, 1.82) is 0 Å². The van der Waals surface area contributed by atoms with Crippen molar-refractivity contribution in [3.05, 3.63) is 23.4 Å². The molecule has 0 radical (unpaired) electrons. The number of nitrogens with zero attached hydrogens (tertiary/aromatic N) is 2. The Labute approximate surface area is 101 Å². The van der Waals surface area contributed by atoms with Gasteiger partial charge in [-0.3, -0.25) is 0 Å². The van der Waals surface area contributed by atoms with E-state index in [1.54, 1.807) is 0 Å². The molecule has 0 N–H and O–H groups in total. The number of anilines is 1. The molecule has 0 aliphatic carbocycles. The van der Waals surface area contributed by atoms with Crippen molar-refractivity contribution < 1.29 is 0 Å².